The molecule has 13 heavy (non-hydrogen) atoms. The first-order valence-corrected chi connectivity index (χ1v) is 6.13. The van der Waals surface area contributed by atoms with E-state index in [1.807, 2.05) is 0 Å². The fourth-order valence-corrected chi connectivity index (χ4v) is 2.42. The van der Waals surface area contributed by atoms with Gasteiger partial charge < -0.3 is 4.57 Å². The highest BCUT2D eigenvalue weighted by Crippen LogP contribution is 2.42. The fourth-order valence-electron chi connectivity index (χ4n) is 1.49. The third kappa shape index (κ3) is 1.71. The van der Waals surface area contributed by atoms with Crippen molar-refractivity contribution in [3.05, 3.63) is 15.0 Å². The Kier molecular flexibility index (Phi) is 2.53. The average Bonchev–Trinajstić information content (AvgIpc) is 2.82. The van der Waals surface area contributed by atoms with Gasteiger partial charge in [0.15, 0.2) is 0 Å². The van der Waals surface area contributed by atoms with Gasteiger partial charge in [0.2, 0.25) is 0 Å². The summed E-state index contributed by atoms with van der Waals surface area (Å²) in [5, 5.41) is 0. The van der Waals surface area contributed by atoms with Crippen LogP contribution in [0, 0.1) is 0 Å². The first-order valence-electron chi connectivity index (χ1n) is 4.54. The molecule has 0 spiro atoms. The highest BCUT2D eigenvalue weighted by molar-refractivity contribution is 9.13. The summed E-state index contributed by atoms with van der Waals surface area (Å²) in [7, 11) is 0. The summed E-state index contributed by atoms with van der Waals surface area (Å²) >= 11 is 7.02. The van der Waals surface area contributed by atoms with E-state index in [2.05, 4.69) is 55.3 Å². The van der Waals surface area contributed by atoms with Crippen molar-refractivity contribution in [2.45, 2.75) is 38.6 Å². The largest absolute Gasteiger partial charge is 0.318 e. The molecule has 0 amide bonds. The Balaban J connectivity index is 2.48. The Hall–Kier alpha value is 0.170. The molecule has 1 aromatic rings. The minimum atomic E-state index is 0.489. The number of hydrogen-bond donors (Lipinski definition) is 0. The maximum atomic E-state index is 4.50. The zero-order valence-corrected chi connectivity index (χ0v) is 10.9. The Bertz CT molecular complexity index is 327. The molecule has 1 heterocycles. The van der Waals surface area contributed by atoms with Crippen LogP contribution in [0.15, 0.2) is 9.21 Å². The monoisotopic (exact) mass is 306 g/mol. The Morgan fingerprint density at radius 2 is 2.00 bits per heavy atom. The van der Waals surface area contributed by atoms with Crippen LogP contribution in [0.4, 0.5) is 0 Å². The van der Waals surface area contributed by atoms with Crippen molar-refractivity contribution >= 4 is 31.9 Å². The van der Waals surface area contributed by atoms with Crippen molar-refractivity contribution in [2.75, 3.05) is 0 Å². The van der Waals surface area contributed by atoms with Crippen molar-refractivity contribution in [1.29, 1.82) is 0 Å². The van der Waals surface area contributed by atoms with Crippen molar-refractivity contribution in [2.24, 2.45) is 0 Å². The fraction of sp³-hybridized carbons (Fsp3) is 0.667. The first kappa shape index (κ1) is 9.71. The molecule has 2 nitrogen and oxygen atoms in total. The summed E-state index contributed by atoms with van der Waals surface area (Å²) < 4.78 is 4.34. The van der Waals surface area contributed by atoms with E-state index in [4.69, 9.17) is 0 Å². The second-order valence-electron chi connectivity index (χ2n) is 3.81. The zero-order chi connectivity index (χ0) is 9.59. The van der Waals surface area contributed by atoms with Crippen LogP contribution in [0.1, 0.15) is 44.5 Å². The normalized spacial score (nSPS) is 17.0. The lowest BCUT2D eigenvalue weighted by Gasteiger charge is -2.09. The molecule has 0 aliphatic heterocycles. The Morgan fingerprint density at radius 1 is 1.38 bits per heavy atom. The molecule has 1 fully saturated rings. The van der Waals surface area contributed by atoms with Crippen molar-refractivity contribution in [3.63, 3.8) is 0 Å². The highest BCUT2D eigenvalue weighted by atomic mass is 79.9. The molecule has 72 valence electrons. The molecule has 1 saturated carbocycles. The van der Waals surface area contributed by atoms with E-state index in [9.17, 15) is 0 Å². The molecule has 0 radical (unpaired) electrons. The zero-order valence-electron chi connectivity index (χ0n) is 7.72. The van der Waals surface area contributed by atoms with E-state index in [0.717, 1.165) is 9.21 Å². The molecule has 0 atom stereocenters. The van der Waals surface area contributed by atoms with Crippen LogP contribution >= 0.6 is 31.9 Å². The van der Waals surface area contributed by atoms with Gasteiger partial charge >= 0.3 is 0 Å². The van der Waals surface area contributed by atoms with Gasteiger partial charge in [0.05, 0.1) is 0 Å². The van der Waals surface area contributed by atoms with E-state index in [0.29, 0.717) is 12.0 Å². The summed E-state index contributed by atoms with van der Waals surface area (Å²) in [5.74, 6) is 1.67. The van der Waals surface area contributed by atoms with E-state index in [1.165, 1.54) is 18.7 Å². The summed E-state index contributed by atoms with van der Waals surface area (Å²) in [4.78, 5) is 4.50. The van der Waals surface area contributed by atoms with Gasteiger partial charge in [-0.15, -0.1) is 0 Å². The molecule has 2 rings (SSSR count). The second-order valence-corrected chi connectivity index (χ2v) is 5.31. The summed E-state index contributed by atoms with van der Waals surface area (Å²) in [6.07, 6.45) is 2.59. The maximum absolute atomic E-state index is 4.50. The maximum Gasteiger partial charge on any atom is 0.139 e. The predicted molar refractivity (Wildman–Crippen MR) is 60.0 cm³/mol. The van der Waals surface area contributed by atoms with Crippen LogP contribution in [-0.2, 0) is 0 Å². The van der Waals surface area contributed by atoms with Crippen molar-refractivity contribution in [1.82, 2.24) is 9.55 Å². The highest BCUT2D eigenvalue weighted by Gasteiger charge is 2.30. The van der Waals surface area contributed by atoms with Crippen LogP contribution in [0.3, 0.4) is 0 Å². The molecule has 0 N–H and O–H groups in total. The molecule has 4 heteroatoms. The van der Waals surface area contributed by atoms with Gasteiger partial charge in [0, 0.05) is 12.0 Å². The minimum absolute atomic E-state index is 0.489. The van der Waals surface area contributed by atoms with E-state index >= 15 is 0 Å². The summed E-state index contributed by atoms with van der Waals surface area (Å²) in [6.45, 7) is 4.36. The lowest BCUT2D eigenvalue weighted by molar-refractivity contribution is 0.630. The third-order valence-corrected chi connectivity index (χ3v) is 4.11. The van der Waals surface area contributed by atoms with Gasteiger partial charge in [0.1, 0.15) is 15.0 Å². The molecule has 0 unspecified atom stereocenters. The van der Waals surface area contributed by atoms with E-state index < -0.39 is 0 Å². The lowest BCUT2D eigenvalue weighted by Crippen LogP contribution is -2.03. The summed E-state index contributed by atoms with van der Waals surface area (Å²) in [6, 6.07) is 0.686. The molecule has 0 aromatic carbocycles. The molecular formula is C9H12Br2N2. The molecular weight excluding hydrogens is 296 g/mol. The van der Waals surface area contributed by atoms with Gasteiger partial charge in [-0.25, -0.2) is 4.98 Å². The van der Waals surface area contributed by atoms with Crippen LogP contribution in [0.25, 0.3) is 0 Å². The summed E-state index contributed by atoms with van der Waals surface area (Å²) in [5.41, 5.74) is 0. The number of rotatable bonds is 2. The molecule has 1 aromatic heterocycles. The van der Waals surface area contributed by atoms with Crippen LogP contribution in [0.5, 0.6) is 0 Å². The van der Waals surface area contributed by atoms with Gasteiger partial charge in [0.25, 0.3) is 0 Å². The number of nitrogens with zero attached hydrogens (tertiary/aromatic N) is 2. The number of hydrogen-bond acceptors (Lipinski definition) is 1. The molecule has 0 saturated heterocycles. The number of imidazole rings is 1. The topological polar surface area (TPSA) is 17.8 Å². The smallest absolute Gasteiger partial charge is 0.139 e. The van der Waals surface area contributed by atoms with Crippen LogP contribution < -0.4 is 0 Å². The quantitative estimate of drug-likeness (QED) is 0.811. The standard InChI is InChI=1S/C9H12Br2N2/c1-5(2)9-12-7(10)8(11)13(9)6-3-4-6/h5-6H,3-4H2,1-2H3. The van der Waals surface area contributed by atoms with Crippen molar-refractivity contribution < 1.29 is 0 Å². The van der Waals surface area contributed by atoms with Gasteiger partial charge in [-0.1, -0.05) is 13.8 Å². The number of aromatic nitrogens is 2. The average molecular weight is 308 g/mol. The molecule has 0 bridgehead atoms. The molecule has 1 aliphatic rings. The van der Waals surface area contributed by atoms with Crippen LogP contribution in [0.2, 0.25) is 0 Å². The Morgan fingerprint density at radius 3 is 2.46 bits per heavy atom. The van der Waals surface area contributed by atoms with E-state index in [1.54, 1.807) is 0 Å². The second kappa shape index (κ2) is 3.39. The predicted octanol–water partition coefficient (Wildman–Crippen LogP) is 3.87. The van der Waals surface area contributed by atoms with Gasteiger partial charge in [-0.05, 0) is 44.7 Å². The number of halogens is 2. The molecule has 1 aliphatic carbocycles. The van der Waals surface area contributed by atoms with Crippen molar-refractivity contribution in [3.8, 4) is 0 Å². The SMILES string of the molecule is CC(C)c1nc(Br)c(Br)n1C1CC1. The van der Waals surface area contributed by atoms with Gasteiger partial charge in [-0.3, -0.25) is 0 Å². The minimum Gasteiger partial charge on any atom is -0.318 e. The Labute approximate surface area is 95.0 Å². The van der Waals surface area contributed by atoms with Gasteiger partial charge in [-0.2, -0.15) is 0 Å². The lowest BCUT2D eigenvalue weighted by atomic mass is 10.2. The van der Waals surface area contributed by atoms with Crippen LogP contribution in [-0.4, -0.2) is 9.55 Å². The third-order valence-electron chi connectivity index (χ3n) is 2.27. The first-order chi connectivity index (χ1) is 6.11. The van der Waals surface area contributed by atoms with E-state index in [-0.39, 0.29) is 0 Å².